The molecule has 0 unspecified atom stereocenters. The fourth-order valence-corrected chi connectivity index (χ4v) is 3.73. The van der Waals surface area contributed by atoms with Crippen LogP contribution in [-0.4, -0.2) is 19.5 Å². The molecule has 0 saturated heterocycles. The predicted octanol–water partition coefficient (Wildman–Crippen LogP) is 3.85. The molecule has 0 amide bonds. The van der Waals surface area contributed by atoms with Gasteiger partial charge in [-0.3, -0.25) is 0 Å². The van der Waals surface area contributed by atoms with Crippen molar-refractivity contribution in [2.24, 2.45) is 5.14 Å². The third-order valence-electron chi connectivity index (χ3n) is 4.54. The number of aromatic carboxylic acids is 1. The Morgan fingerprint density at radius 2 is 1.31 bits per heavy atom. The Morgan fingerprint density at radius 3 is 1.86 bits per heavy atom. The minimum Gasteiger partial charge on any atom is -0.478 e. The van der Waals surface area contributed by atoms with Crippen LogP contribution in [0.5, 0.6) is 0 Å². The summed E-state index contributed by atoms with van der Waals surface area (Å²) in [6, 6.07) is 23.8. The first-order valence-electron chi connectivity index (χ1n) is 9.04. The van der Waals surface area contributed by atoms with Crippen molar-refractivity contribution >= 4 is 21.6 Å². The number of carboxylic acid groups (broad SMARTS) is 1. The fraction of sp³-hybridized carbons (Fsp3) is 0.0870. The standard InChI is InChI=1S/C23H21NO4S/c24-29(27,28)16-22(20-8-4-5-9-21(20)23(25)26)19-14-12-18(13-15-19)11-10-17-6-2-1-3-7-17/h1-9,12-16H,10-11H2,(H,25,26)(H2,24,27,28)/b22-16+. The van der Waals surface area contributed by atoms with Crippen molar-refractivity contribution in [1.82, 2.24) is 0 Å². The molecule has 0 aliphatic heterocycles. The first-order valence-corrected chi connectivity index (χ1v) is 10.6. The van der Waals surface area contributed by atoms with E-state index in [1.807, 2.05) is 30.3 Å². The second-order valence-corrected chi connectivity index (χ2v) is 8.07. The number of carbonyl (C=O) groups is 1. The van der Waals surface area contributed by atoms with Crippen molar-refractivity contribution in [3.05, 3.63) is 112 Å². The molecule has 3 rings (SSSR count). The van der Waals surface area contributed by atoms with Gasteiger partial charge in [0, 0.05) is 5.57 Å². The number of nitrogens with two attached hydrogens (primary N) is 1. The molecule has 0 fully saturated rings. The summed E-state index contributed by atoms with van der Waals surface area (Å²) < 4.78 is 23.5. The number of sulfonamides is 1. The van der Waals surface area contributed by atoms with Gasteiger partial charge in [-0.2, -0.15) is 0 Å². The largest absolute Gasteiger partial charge is 0.478 e. The van der Waals surface area contributed by atoms with Crippen LogP contribution in [0.25, 0.3) is 5.57 Å². The molecular formula is C23H21NO4S. The lowest BCUT2D eigenvalue weighted by Gasteiger charge is -2.12. The molecule has 5 nitrogen and oxygen atoms in total. The topological polar surface area (TPSA) is 97.5 Å². The van der Waals surface area contributed by atoms with E-state index in [0.717, 1.165) is 23.8 Å². The van der Waals surface area contributed by atoms with Crippen LogP contribution in [0.3, 0.4) is 0 Å². The van der Waals surface area contributed by atoms with Crippen LogP contribution in [0.4, 0.5) is 0 Å². The van der Waals surface area contributed by atoms with Crippen LogP contribution in [-0.2, 0) is 22.9 Å². The maximum atomic E-state index is 11.7. The van der Waals surface area contributed by atoms with Crippen molar-refractivity contribution < 1.29 is 18.3 Å². The van der Waals surface area contributed by atoms with E-state index in [4.69, 9.17) is 5.14 Å². The van der Waals surface area contributed by atoms with Gasteiger partial charge >= 0.3 is 5.97 Å². The molecular weight excluding hydrogens is 386 g/mol. The fourth-order valence-electron chi connectivity index (χ4n) is 3.14. The van der Waals surface area contributed by atoms with E-state index in [0.29, 0.717) is 11.1 Å². The zero-order chi connectivity index (χ0) is 20.9. The molecule has 0 spiro atoms. The molecule has 0 aromatic heterocycles. The summed E-state index contributed by atoms with van der Waals surface area (Å²) >= 11 is 0. The summed E-state index contributed by atoms with van der Waals surface area (Å²) in [7, 11) is -3.97. The summed E-state index contributed by atoms with van der Waals surface area (Å²) in [4.78, 5) is 11.6. The highest BCUT2D eigenvalue weighted by Gasteiger charge is 2.16. The van der Waals surface area contributed by atoms with Gasteiger partial charge in [0.25, 0.3) is 0 Å². The Kier molecular flexibility index (Phi) is 6.26. The number of benzene rings is 3. The van der Waals surface area contributed by atoms with E-state index in [2.05, 4.69) is 12.1 Å². The van der Waals surface area contributed by atoms with E-state index in [1.165, 1.54) is 11.6 Å². The number of carboxylic acids is 1. The predicted molar refractivity (Wildman–Crippen MR) is 114 cm³/mol. The molecule has 0 heterocycles. The number of hydrogen-bond donors (Lipinski definition) is 2. The molecule has 29 heavy (non-hydrogen) atoms. The average Bonchev–Trinajstić information content (AvgIpc) is 2.71. The highest BCUT2D eigenvalue weighted by molar-refractivity contribution is 7.92. The van der Waals surface area contributed by atoms with E-state index >= 15 is 0 Å². The minimum atomic E-state index is -3.97. The molecule has 0 aliphatic rings. The van der Waals surface area contributed by atoms with E-state index in [1.54, 1.807) is 30.3 Å². The van der Waals surface area contributed by atoms with Crippen LogP contribution < -0.4 is 5.14 Å². The summed E-state index contributed by atoms with van der Waals surface area (Å²) in [6.45, 7) is 0. The zero-order valence-electron chi connectivity index (χ0n) is 15.7. The molecule has 3 aromatic rings. The van der Waals surface area contributed by atoms with Gasteiger partial charge in [0.05, 0.1) is 11.0 Å². The normalized spacial score (nSPS) is 12.0. The van der Waals surface area contributed by atoms with E-state index < -0.39 is 16.0 Å². The molecule has 3 N–H and O–H groups in total. The lowest BCUT2D eigenvalue weighted by Crippen LogP contribution is -2.10. The Hall–Kier alpha value is -3.22. The van der Waals surface area contributed by atoms with Gasteiger partial charge < -0.3 is 5.11 Å². The third-order valence-corrected chi connectivity index (χ3v) is 5.10. The summed E-state index contributed by atoms with van der Waals surface area (Å²) in [5.41, 5.74) is 3.47. The Bertz CT molecular complexity index is 1140. The smallest absolute Gasteiger partial charge is 0.336 e. The minimum absolute atomic E-state index is 0.00977. The maximum Gasteiger partial charge on any atom is 0.336 e. The Labute approximate surface area is 170 Å². The van der Waals surface area contributed by atoms with Crippen LogP contribution in [0.15, 0.2) is 84.3 Å². The van der Waals surface area contributed by atoms with Crippen molar-refractivity contribution in [2.45, 2.75) is 12.8 Å². The SMILES string of the molecule is NS(=O)(=O)/C=C(\c1ccc(CCc2ccccc2)cc1)c1ccccc1C(=O)O. The zero-order valence-corrected chi connectivity index (χ0v) is 16.5. The number of rotatable bonds is 7. The van der Waals surface area contributed by atoms with Crippen LogP contribution in [0, 0.1) is 0 Å². The molecule has 0 saturated carbocycles. The summed E-state index contributed by atoms with van der Waals surface area (Å²) in [5.74, 6) is -1.14. The van der Waals surface area contributed by atoms with Gasteiger partial charge in [0.15, 0.2) is 0 Å². The van der Waals surface area contributed by atoms with Crippen molar-refractivity contribution in [3.63, 3.8) is 0 Å². The van der Waals surface area contributed by atoms with Gasteiger partial charge in [-0.1, -0.05) is 72.8 Å². The van der Waals surface area contributed by atoms with Gasteiger partial charge in [-0.15, -0.1) is 0 Å². The van der Waals surface area contributed by atoms with Crippen LogP contribution in [0.1, 0.15) is 32.6 Å². The van der Waals surface area contributed by atoms with Gasteiger partial charge in [-0.05, 0) is 41.2 Å². The summed E-state index contributed by atoms with van der Waals surface area (Å²) in [5, 5.41) is 15.6. The maximum absolute atomic E-state index is 11.7. The Balaban J connectivity index is 1.94. The van der Waals surface area contributed by atoms with E-state index in [9.17, 15) is 18.3 Å². The molecule has 6 heteroatoms. The lowest BCUT2D eigenvalue weighted by molar-refractivity contribution is 0.0696. The molecule has 0 bridgehead atoms. The lowest BCUT2D eigenvalue weighted by atomic mass is 9.94. The van der Waals surface area contributed by atoms with E-state index in [-0.39, 0.29) is 11.1 Å². The van der Waals surface area contributed by atoms with Crippen LogP contribution in [0.2, 0.25) is 0 Å². The Morgan fingerprint density at radius 1 is 0.793 bits per heavy atom. The average molecular weight is 407 g/mol. The molecule has 3 aromatic carbocycles. The van der Waals surface area contributed by atoms with Crippen molar-refractivity contribution in [3.8, 4) is 0 Å². The van der Waals surface area contributed by atoms with Gasteiger partial charge in [-0.25, -0.2) is 18.4 Å². The highest BCUT2D eigenvalue weighted by Crippen LogP contribution is 2.28. The number of hydrogen-bond acceptors (Lipinski definition) is 3. The number of primary sulfonamides is 1. The van der Waals surface area contributed by atoms with Gasteiger partial charge in [0.1, 0.15) is 0 Å². The second kappa shape index (κ2) is 8.86. The second-order valence-electron chi connectivity index (χ2n) is 6.65. The quantitative estimate of drug-likeness (QED) is 0.622. The molecule has 0 aliphatic carbocycles. The molecule has 148 valence electrons. The first-order chi connectivity index (χ1) is 13.8. The third kappa shape index (κ3) is 5.63. The van der Waals surface area contributed by atoms with Crippen molar-refractivity contribution in [1.29, 1.82) is 0 Å². The molecule has 0 radical (unpaired) electrons. The van der Waals surface area contributed by atoms with Crippen LogP contribution >= 0.6 is 0 Å². The van der Waals surface area contributed by atoms with Crippen molar-refractivity contribution in [2.75, 3.05) is 0 Å². The summed E-state index contributed by atoms with van der Waals surface area (Å²) in [6.07, 6.45) is 1.73. The monoisotopic (exact) mass is 407 g/mol. The highest BCUT2D eigenvalue weighted by atomic mass is 32.2. The number of aryl methyl sites for hydroxylation is 2. The first kappa shape index (κ1) is 20.5. The van der Waals surface area contributed by atoms with Gasteiger partial charge in [0.2, 0.25) is 10.0 Å². The molecule has 0 atom stereocenters.